The molecule has 1 atom stereocenters. The monoisotopic (exact) mass is 215 g/mol. The number of aromatic amines is 1. The van der Waals surface area contributed by atoms with E-state index in [0.717, 1.165) is 29.9 Å². The van der Waals surface area contributed by atoms with E-state index in [1.807, 2.05) is 0 Å². The molecule has 0 saturated carbocycles. The van der Waals surface area contributed by atoms with Crippen molar-refractivity contribution >= 4 is 11.0 Å². The number of benzene rings is 1. The Bertz CT molecular complexity index is 469. The van der Waals surface area contributed by atoms with Gasteiger partial charge in [0.15, 0.2) is 0 Å². The first-order valence-corrected chi connectivity index (χ1v) is 6.05. The third kappa shape index (κ3) is 1.83. The highest BCUT2D eigenvalue weighted by Crippen LogP contribution is 2.21. The Kier molecular flexibility index (Phi) is 2.62. The quantitative estimate of drug-likeness (QED) is 0.805. The first kappa shape index (κ1) is 9.85. The highest BCUT2D eigenvalue weighted by atomic mass is 14.9. The molecule has 1 aromatic carbocycles. The number of fused-ring (bicyclic) bond motifs is 1. The molecule has 1 saturated heterocycles. The lowest BCUT2D eigenvalue weighted by atomic mass is 9.92. The van der Waals surface area contributed by atoms with E-state index in [2.05, 4.69) is 33.5 Å². The van der Waals surface area contributed by atoms with Crippen molar-refractivity contribution in [1.82, 2.24) is 15.3 Å². The maximum Gasteiger partial charge on any atom is 0.0931 e. The SMILES string of the molecule is c1cc(CC2CCCNC2)c2nc[nH]c2c1. The van der Waals surface area contributed by atoms with E-state index >= 15 is 0 Å². The molecule has 3 rings (SSSR count). The third-order valence-corrected chi connectivity index (χ3v) is 3.44. The second-order valence-electron chi connectivity index (χ2n) is 4.63. The fourth-order valence-electron chi connectivity index (χ4n) is 2.60. The first-order valence-electron chi connectivity index (χ1n) is 6.05. The van der Waals surface area contributed by atoms with Gasteiger partial charge < -0.3 is 10.3 Å². The molecule has 0 amide bonds. The van der Waals surface area contributed by atoms with Crippen molar-refractivity contribution in [2.75, 3.05) is 13.1 Å². The molecule has 2 N–H and O–H groups in total. The van der Waals surface area contributed by atoms with Crippen molar-refractivity contribution in [2.24, 2.45) is 5.92 Å². The number of piperidine rings is 1. The van der Waals surface area contributed by atoms with E-state index in [4.69, 9.17) is 0 Å². The maximum absolute atomic E-state index is 4.41. The molecule has 2 heterocycles. The Labute approximate surface area is 95.3 Å². The predicted octanol–water partition coefficient (Wildman–Crippen LogP) is 2.10. The van der Waals surface area contributed by atoms with Crippen molar-refractivity contribution in [3.63, 3.8) is 0 Å². The Morgan fingerprint density at radius 2 is 2.38 bits per heavy atom. The Balaban J connectivity index is 1.85. The number of nitrogens with one attached hydrogen (secondary N) is 2. The standard InChI is InChI=1S/C13H17N3/c1-4-11(7-10-3-2-6-14-8-10)13-12(5-1)15-9-16-13/h1,4-5,9-10,14H,2-3,6-8H2,(H,15,16). The van der Waals surface area contributed by atoms with E-state index in [-0.39, 0.29) is 0 Å². The summed E-state index contributed by atoms with van der Waals surface area (Å²) in [6.45, 7) is 2.34. The third-order valence-electron chi connectivity index (χ3n) is 3.44. The van der Waals surface area contributed by atoms with Crippen molar-refractivity contribution in [1.29, 1.82) is 0 Å². The summed E-state index contributed by atoms with van der Waals surface area (Å²) in [4.78, 5) is 7.58. The molecular formula is C13H17N3. The van der Waals surface area contributed by atoms with Crippen LogP contribution >= 0.6 is 0 Å². The lowest BCUT2D eigenvalue weighted by Gasteiger charge is -2.22. The van der Waals surface area contributed by atoms with Gasteiger partial charge in [0.05, 0.1) is 17.4 Å². The summed E-state index contributed by atoms with van der Waals surface area (Å²) in [5.74, 6) is 0.774. The first-order chi connectivity index (χ1) is 7.93. The number of aromatic nitrogens is 2. The Morgan fingerprint density at radius 1 is 1.38 bits per heavy atom. The van der Waals surface area contributed by atoms with Crippen LogP contribution in [0, 0.1) is 5.92 Å². The molecule has 16 heavy (non-hydrogen) atoms. The van der Waals surface area contributed by atoms with E-state index in [9.17, 15) is 0 Å². The molecule has 0 aliphatic carbocycles. The predicted molar refractivity (Wildman–Crippen MR) is 65.4 cm³/mol. The van der Waals surface area contributed by atoms with Crippen molar-refractivity contribution in [2.45, 2.75) is 19.3 Å². The fraction of sp³-hybridized carbons (Fsp3) is 0.462. The molecule has 0 bridgehead atoms. The van der Waals surface area contributed by atoms with Crippen LogP contribution in [0.2, 0.25) is 0 Å². The number of H-pyrrole nitrogens is 1. The normalized spacial score (nSPS) is 21.4. The van der Waals surface area contributed by atoms with E-state index in [0.29, 0.717) is 0 Å². The summed E-state index contributed by atoms with van der Waals surface area (Å²) in [7, 11) is 0. The molecule has 1 aliphatic heterocycles. The number of imidazole rings is 1. The minimum atomic E-state index is 0.774. The van der Waals surface area contributed by atoms with Crippen LogP contribution in [0.25, 0.3) is 11.0 Å². The average Bonchev–Trinajstić information content (AvgIpc) is 2.80. The van der Waals surface area contributed by atoms with Crippen LogP contribution in [-0.2, 0) is 6.42 Å². The zero-order valence-corrected chi connectivity index (χ0v) is 9.37. The topological polar surface area (TPSA) is 40.7 Å². The van der Waals surface area contributed by atoms with Gasteiger partial charge in [-0.15, -0.1) is 0 Å². The molecule has 3 nitrogen and oxygen atoms in total. The largest absolute Gasteiger partial charge is 0.345 e. The van der Waals surface area contributed by atoms with Crippen LogP contribution in [0.3, 0.4) is 0 Å². The van der Waals surface area contributed by atoms with Gasteiger partial charge in [-0.3, -0.25) is 0 Å². The van der Waals surface area contributed by atoms with E-state index in [1.54, 1.807) is 6.33 Å². The van der Waals surface area contributed by atoms with Gasteiger partial charge in [-0.25, -0.2) is 4.98 Å². The van der Waals surface area contributed by atoms with Crippen LogP contribution in [0.15, 0.2) is 24.5 Å². The summed E-state index contributed by atoms with van der Waals surface area (Å²) >= 11 is 0. The number of rotatable bonds is 2. The van der Waals surface area contributed by atoms with E-state index in [1.165, 1.54) is 24.9 Å². The number of hydrogen-bond acceptors (Lipinski definition) is 2. The van der Waals surface area contributed by atoms with Gasteiger partial charge >= 0.3 is 0 Å². The molecule has 84 valence electrons. The van der Waals surface area contributed by atoms with Crippen molar-refractivity contribution < 1.29 is 0 Å². The molecule has 1 aromatic heterocycles. The zero-order valence-electron chi connectivity index (χ0n) is 9.37. The van der Waals surface area contributed by atoms with Crippen LogP contribution in [0.5, 0.6) is 0 Å². The summed E-state index contributed by atoms with van der Waals surface area (Å²) in [5, 5.41) is 3.47. The molecule has 1 fully saturated rings. The second-order valence-corrected chi connectivity index (χ2v) is 4.63. The summed E-state index contributed by atoms with van der Waals surface area (Å²) in [6, 6.07) is 6.41. The summed E-state index contributed by atoms with van der Waals surface area (Å²) < 4.78 is 0. The van der Waals surface area contributed by atoms with Gasteiger partial charge in [0.1, 0.15) is 0 Å². The van der Waals surface area contributed by atoms with E-state index < -0.39 is 0 Å². The number of nitrogens with zero attached hydrogens (tertiary/aromatic N) is 1. The lowest BCUT2D eigenvalue weighted by molar-refractivity contribution is 0.376. The maximum atomic E-state index is 4.41. The Morgan fingerprint density at radius 3 is 3.25 bits per heavy atom. The molecule has 1 unspecified atom stereocenters. The highest BCUT2D eigenvalue weighted by molar-refractivity contribution is 5.78. The summed E-state index contributed by atoms with van der Waals surface area (Å²) in [6.07, 6.45) is 5.58. The van der Waals surface area contributed by atoms with Gasteiger partial charge in [0, 0.05) is 0 Å². The molecular weight excluding hydrogens is 198 g/mol. The fourth-order valence-corrected chi connectivity index (χ4v) is 2.60. The van der Waals surface area contributed by atoms with Gasteiger partial charge in [0.2, 0.25) is 0 Å². The smallest absolute Gasteiger partial charge is 0.0931 e. The van der Waals surface area contributed by atoms with Gasteiger partial charge in [-0.05, 0) is 49.9 Å². The van der Waals surface area contributed by atoms with Crippen LogP contribution in [0.4, 0.5) is 0 Å². The molecule has 0 spiro atoms. The molecule has 3 heteroatoms. The zero-order chi connectivity index (χ0) is 10.8. The van der Waals surface area contributed by atoms with Crippen molar-refractivity contribution in [3.8, 4) is 0 Å². The van der Waals surface area contributed by atoms with Crippen LogP contribution in [-0.4, -0.2) is 23.1 Å². The molecule has 2 aromatic rings. The number of hydrogen-bond donors (Lipinski definition) is 2. The van der Waals surface area contributed by atoms with Crippen LogP contribution in [0.1, 0.15) is 18.4 Å². The average molecular weight is 215 g/mol. The highest BCUT2D eigenvalue weighted by Gasteiger charge is 2.15. The Hall–Kier alpha value is -1.35. The van der Waals surface area contributed by atoms with Gasteiger partial charge in [0.25, 0.3) is 0 Å². The number of para-hydroxylation sites is 1. The minimum Gasteiger partial charge on any atom is -0.345 e. The van der Waals surface area contributed by atoms with Gasteiger partial charge in [-0.2, -0.15) is 0 Å². The molecule has 0 radical (unpaired) electrons. The lowest BCUT2D eigenvalue weighted by Crippen LogP contribution is -2.30. The van der Waals surface area contributed by atoms with Gasteiger partial charge in [-0.1, -0.05) is 12.1 Å². The second kappa shape index (κ2) is 4.26. The van der Waals surface area contributed by atoms with Crippen LogP contribution < -0.4 is 5.32 Å². The molecule has 1 aliphatic rings. The summed E-state index contributed by atoms with van der Waals surface area (Å²) in [5.41, 5.74) is 3.68. The minimum absolute atomic E-state index is 0.774. The van der Waals surface area contributed by atoms with Crippen molar-refractivity contribution in [3.05, 3.63) is 30.1 Å².